The van der Waals surface area contributed by atoms with Crippen molar-refractivity contribution >= 4 is 0 Å². The first-order chi connectivity index (χ1) is 23.7. The molecule has 0 aromatic carbocycles. The molecule has 2 saturated heterocycles. The number of nitriles is 3. The highest BCUT2D eigenvalue weighted by Gasteiger charge is 2.47. The van der Waals surface area contributed by atoms with Crippen LogP contribution in [0.2, 0.25) is 0 Å². The van der Waals surface area contributed by atoms with Gasteiger partial charge < -0.3 is 19.0 Å². The van der Waals surface area contributed by atoms with E-state index < -0.39 is 18.3 Å². The lowest BCUT2D eigenvalue weighted by Gasteiger charge is -2.50. The summed E-state index contributed by atoms with van der Waals surface area (Å²) < 4.78 is 43.5. The number of alkyl halides is 3. The van der Waals surface area contributed by atoms with E-state index in [-0.39, 0.29) is 25.0 Å². The molecular formula is C39H53F3N8. The number of halogens is 3. The third kappa shape index (κ3) is 9.62. The molecule has 0 radical (unpaired) electrons. The number of aromatic nitrogens is 3. The molecule has 270 valence electrons. The molecule has 3 aromatic rings. The first kappa shape index (κ1) is 38.8. The number of rotatable bonds is 11. The van der Waals surface area contributed by atoms with E-state index in [0.29, 0.717) is 36.6 Å². The fraction of sp³-hybridized carbons (Fsp3) is 0.615. The van der Waals surface area contributed by atoms with Gasteiger partial charge in [-0.3, -0.25) is 4.90 Å². The second kappa shape index (κ2) is 16.4. The number of nitrogens with one attached hydrogen (secondary N) is 1. The topological polar surface area (TPSA) is 101 Å². The van der Waals surface area contributed by atoms with E-state index in [2.05, 4.69) is 111 Å². The van der Waals surface area contributed by atoms with Crippen molar-refractivity contribution in [3.8, 4) is 18.2 Å². The molecule has 1 saturated carbocycles. The highest BCUT2D eigenvalue weighted by atomic mass is 19.4. The number of likely N-dealkylation sites (tertiary alicyclic amines) is 1. The van der Waals surface area contributed by atoms with Crippen LogP contribution < -0.4 is 5.32 Å². The van der Waals surface area contributed by atoms with E-state index in [1.165, 1.54) is 28.9 Å². The van der Waals surface area contributed by atoms with Crippen molar-refractivity contribution in [2.75, 3.05) is 32.7 Å². The van der Waals surface area contributed by atoms with E-state index >= 15 is 0 Å². The summed E-state index contributed by atoms with van der Waals surface area (Å²) in [4.78, 5) is 1.34. The predicted molar refractivity (Wildman–Crippen MR) is 189 cm³/mol. The molecule has 8 nitrogen and oxygen atoms in total. The molecule has 2 aliphatic heterocycles. The fourth-order valence-corrected chi connectivity index (χ4v) is 6.79. The normalized spacial score (nSPS) is 18.4. The average molecular weight is 691 g/mol. The van der Waals surface area contributed by atoms with Crippen molar-refractivity contribution in [1.82, 2.24) is 23.9 Å². The van der Waals surface area contributed by atoms with Gasteiger partial charge in [-0.2, -0.15) is 29.0 Å². The molecule has 0 bridgehead atoms. The predicted octanol–water partition coefficient (Wildman–Crippen LogP) is 8.40. The number of hydrogen-bond acceptors (Lipinski definition) is 5. The van der Waals surface area contributed by atoms with Crippen molar-refractivity contribution in [2.45, 2.75) is 115 Å². The van der Waals surface area contributed by atoms with Crippen LogP contribution in [0.5, 0.6) is 0 Å². The summed E-state index contributed by atoms with van der Waals surface area (Å²) in [6.07, 6.45) is 12.3. The first-order valence-corrected chi connectivity index (χ1v) is 17.8. The van der Waals surface area contributed by atoms with Gasteiger partial charge in [0.2, 0.25) is 0 Å². The van der Waals surface area contributed by atoms with Crippen LogP contribution in [0.25, 0.3) is 0 Å². The molecule has 50 heavy (non-hydrogen) atoms. The standard InChI is InChI=1S/C14H18F3N3.C13H18N2.C12H17N3/c1-11(2)12-3-6-20(7-12)13(4-5-18)8-19(9-13)10-14(15,16)17;1-10(2)12-6-8-15(9-12)13(5-7-14)11-3-4-11;1-10(2)11-3-6-15(7-11)12(4-5-13)8-14-9-12/h3,6-7,11H,4,8-10H2,1-2H3;6,8-11,13H,3-5H2,1-2H3;3,6-7,10,14H,4,8-9H2,1-2H3. The minimum atomic E-state index is -4.18. The van der Waals surface area contributed by atoms with Crippen LogP contribution in [0, 0.1) is 39.9 Å². The molecule has 3 fully saturated rings. The summed E-state index contributed by atoms with van der Waals surface area (Å²) in [5.41, 5.74) is 3.36. The van der Waals surface area contributed by atoms with Crippen LogP contribution >= 0.6 is 0 Å². The van der Waals surface area contributed by atoms with Gasteiger partial charge in [-0.25, -0.2) is 0 Å². The van der Waals surface area contributed by atoms with Crippen molar-refractivity contribution in [2.24, 2.45) is 5.92 Å². The van der Waals surface area contributed by atoms with Crippen LogP contribution in [0.3, 0.4) is 0 Å². The highest BCUT2D eigenvalue weighted by molar-refractivity contribution is 5.20. The van der Waals surface area contributed by atoms with Gasteiger partial charge in [0, 0.05) is 69.4 Å². The lowest BCUT2D eigenvalue weighted by atomic mass is 9.86. The maximum Gasteiger partial charge on any atom is 0.401 e. The van der Waals surface area contributed by atoms with Crippen molar-refractivity contribution < 1.29 is 13.2 Å². The summed E-state index contributed by atoms with van der Waals surface area (Å²) in [5.74, 6) is 2.24. The van der Waals surface area contributed by atoms with Crippen LogP contribution in [0.4, 0.5) is 13.2 Å². The Morgan fingerprint density at radius 1 is 0.740 bits per heavy atom. The van der Waals surface area contributed by atoms with Gasteiger partial charge in [0.15, 0.2) is 0 Å². The second-order valence-corrected chi connectivity index (χ2v) is 15.3. The molecule has 3 aromatic heterocycles. The third-order valence-corrected chi connectivity index (χ3v) is 10.3. The molecule has 1 N–H and O–H groups in total. The Morgan fingerprint density at radius 2 is 1.22 bits per heavy atom. The maximum atomic E-state index is 12.4. The van der Waals surface area contributed by atoms with Crippen LogP contribution in [0.1, 0.15) is 114 Å². The van der Waals surface area contributed by atoms with Gasteiger partial charge in [-0.1, -0.05) is 41.5 Å². The fourth-order valence-electron chi connectivity index (χ4n) is 6.79. The van der Waals surface area contributed by atoms with Gasteiger partial charge in [0.05, 0.1) is 55.1 Å². The van der Waals surface area contributed by atoms with Gasteiger partial charge in [-0.05, 0) is 71.4 Å². The van der Waals surface area contributed by atoms with Crippen molar-refractivity contribution in [1.29, 1.82) is 15.8 Å². The number of hydrogen-bond donors (Lipinski definition) is 1. The summed E-state index contributed by atoms with van der Waals surface area (Å²) in [6, 6.07) is 13.4. The molecule has 1 aliphatic carbocycles. The molecule has 1 atom stereocenters. The molecule has 3 aliphatic rings. The van der Waals surface area contributed by atoms with Gasteiger partial charge in [0.25, 0.3) is 0 Å². The smallest absolute Gasteiger partial charge is 0.350 e. The SMILES string of the molecule is CC(C)c1ccn(C(CC#N)C2CC2)c1.CC(C)c1ccn(C2(CC#N)CN(CC(F)(F)F)C2)c1.CC(C)c1ccn(C2(CC#N)CNC2)c1. The van der Waals surface area contributed by atoms with Crippen molar-refractivity contribution in [3.05, 3.63) is 72.1 Å². The Morgan fingerprint density at radius 3 is 1.60 bits per heavy atom. The van der Waals surface area contributed by atoms with Crippen LogP contribution in [0.15, 0.2) is 55.4 Å². The quantitative estimate of drug-likeness (QED) is 0.218. The molecule has 6 rings (SSSR count). The summed E-state index contributed by atoms with van der Waals surface area (Å²) in [7, 11) is 0. The highest BCUT2D eigenvalue weighted by Crippen LogP contribution is 2.42. The third-order valence-electron chi connectivity index (χ3n) is 10.3. The minimum Gasteiger partial charge on any atom is -0.350 e. The Bertz CT molecular complexity index is 1640. The van der Waals surface area contributed by atoms with Gasteiger partial charge >= 0.3 is 6.18 Å². The molecule has 0 spiro atoms. The Kier molecular flexibility index (Phi) is 12.7. The first-order valence-electron chi connectivity index (χ1n) is 17.8. The molecule has 0 amide bonds. The second-order valence-electron chi connectivity index (χ2n) is 15.3. The number of nitrogens with zero attached hydrogens (tertiary/aromatic N) is 7. The van der Waals surface area contributed by atoms with Crippen LogP contribution in [-0.4, -0.2) is 57.5 Å². The van der Waals surface area contributed by atoms with E-state index in [4.69, 9.17) is 15.8 Å². The molecule has 5 heterocycles. The Labute approximate surface area is 296 Å². The van der Waals surface area contributed by atoms with E-state index in [1.54, 1.807) is 0 Å². The largest absolute Gasteiger partial charge is 0.401 e. The Balaban J connectivity index is 0.000000171. The summed E-state index contributed by atoms with van der Waals surface area (Å²) in [5, 5.41) is 29.9. The monoisotopic (exact) mass is 690 g/mol. The summed E-state index contributed by atoms with van der Waals surface area (Å²) >= 11 is 0. The van der Waals surface area contributed by atoms with Crippen molar-refractivity contribution in [3.63, 3.8) is 0 Å². The average Bonchev–Trinajstić information content (AvgIpc) is 3.40. The van der Waals surface area contributed by atoms with E-state index in [9.17, 15) is 13.2 Å². The Hall–Kier alpha value is -3.98. The van der Waals surface area contributed by atoms with Crippen LogP contribution in [-0.2, 0) is 11.1 Å². The molecule has 11 heteroatoms. The summed E-state index contributed by atoms with van der Waals surface area (Å²) in [6.45, 7) is 14.4. The lowest BCUT2D eigenvalue weighted by Crippen LogP contribution is -2.63. The molecule has 1 unspecified atom stereocenters. The van der Waals surface area contributed by atoms with Gasteiger partial charge in [-0.15, -0.1) is 0 Å². The molecular weight excluding hydrogens is 637 g/mol. The lowest BCUT2D eigenvalue weighted by molar-refractivity contribution is -0.166. The van der Waals surface area contributed by atoms with E-state index in [1.807, 2.05) is 23.0 Å². The minimum absolute atomic E-state index is 0.0158. The zero-order chi connectivity index (χ0) is 36.7. The maximum absolute atomic E-state index is 12.4. The zero-order valence-corrected chi connectivity index (χ0v) is 30.4. The zero-order valence-electron chi connectivity index (χ0n) is 30.4. The van der Waals surface area contributed by atoms with Gasteiger partial charge in [0.1, 0.15) is 0 Å². The van der Waals surface area contributed by atoms with E-state index in [0.717, 1.165) is 24.6 Å².